The van der Waals surface area contributed by atoms with Crippen molar-refractivity contribution in [3.8, 4) is 0 Å². The minimum Gasteiger partial charge on any atom is -0.407 e. The maximum absolute atomic E-state index is 11.2. The van der Waals surface area contributed by atoms with E-state index >= 15 is 0 Å². The summed E-state index contributed by atoms with van der Waals surface area (Å²) in [4.78, 5) is 0. The van der Waals surface area contributed by atoms with E-state index < -0.39 is 15.6 Å². The molecule has 3 N–H and O–H groups in total. The summed E-state index contributed by atoms with van der Waals surface area (Å²) < 4.78 is 30.3. The van der Waals surface area contributed by atoms with Gasteiger partial charge < -0.3 is 15.1 Å². The maximum atomic E-state index is 11.2. The average Bonchev–Trinajstić information content (AvgIpc) is 2.68. The Labute approximate surface area is 119 Å². The largest absolute Gasteiger partial charge is 0.407 e. The molecule has 1 aromatic rings. The average molecular weight is 305 g/mol. The third-order valence-electron chi connectivity index (χ3n) is 2.27. The number of sulfonamides is 1. The van der Waals surface area contributed by atoms with Gasteiger partial charge in [-0.2, -0.15) is 0 Å². The van der Waals surface area contributed by atoms with Crippen molar-refractivity contribution in [2.45, 2.75) is 45.8 Å². The van der Waals surface area contributed by atoms with Gasteiger partial charge in [-0.3, -0.25) is 0 Å². The van der Waals surface area contributed by atoms with E-state index in [0.717, 1.165) is 6.26 Å². The van der Waals surface area contributed by atoms with Gasteiger partial charge >= 0.3 is 6.01 Å². The van der Waals surface area contributed by atoms with E-state index in [1.807, 2.05) is 13.8 Å². The second-order valence-electron chi connectivity index (χ2n) is 5.65. The molecular weight excluding hydrogens is 282 g/mol. The van der Waals surface area contributed by atoms with Gasteiger partial charge in [0.05, 0.1) is 12.8 Å². The zero-order valence-electron chi connectivity index (χ0n) is 12.5. The molecule has 0 aromatic carbocycles. The van der Waals surface area contributed by atoms with Gasteiger partial charge in [-0.1, -0.05) is 18.9 Å². The Morgan fingerprint density at radius 2 is 1.95 bits per heavy atom. The number of aromatic nitrogens is 2. The number of hydrogen-bond acceptors (Lipinski definition) is 7. The van der Waals surface area contributed by atoms with Crippen LogP contribution in [-0.2, 0) is 16.6 Å². The number of nitrogens with one attached hydrogen (secondary N) is 3. The third kappa shape index (κ3) is 6.83. The van der Waals surface area contributed by atoms with E-state index in [1.54, 1.807) is 13.8 Å². The van der Waals surface area contributed by atoms with Crippen LogP contribution in [0, 0.1) is 0 Å². The van der Waals surface area contributed by atoms with Gasteiger partial charge in [-0.25, -0.2) is 13.1 Å². The highest BCUT2D eigenvalue weighted by molar-refractivity contribution is 7.88. The molecule has 0 aliphatic heterocycles. The van der Waals surface area contributed by atoms with Crippen LogP contribution >= 0.6 is 0 Å². The van der Waals surface area contributed by atoms with E-state index in [4.69, 9.17) is 4.42 Å². The first kappa shape index (κ1) is 16.9. The smallest absolute Gasteiger partial charge is 0.315 e. The molecule has 116 valence electrons. The lowest BCUT2D eigenvalue weighted by Gasteiger charge is -2.24. The molecule has 20 heavy (non-hydrogen) atoms. The van der Waals surface area contributed by atoms with Crippen molar-refractivity contribution in [2.75, 3.05) is 18.1 Å². The van der Waals surface area contributed by atoms with E-state index in [2.05, 4.69) is 25.6 Å². The van der Waals surface area contributed by atoms with Gasteiger partial charge in [0.25, 0.3) is 0 Å². The molecule has 0 aliphatic carbocycles. The van der Waals surface area contributed by atoms with Crippen LogP contribution in [0.5, 0.6) is 0 Å². The first-order valence-electron chi connectivity index (χ1n) is 6.36. The van der Waals surface area contributed by atoms with Crippen LogP contribution in [0.4, 0.5) is 6.01 Å². The fourth-order valence-electron chi connectivity index (χ4n) is 1.52. The van der Waals surface area contributed by atoms with E-state index in [9.17, 15) is 8.42 Å². The molecular formula is C11H23N5O3S. The third-order valence-corrected chi connectivity index (χ3v) is 3.20. The molecule has 0 atom stereocenters. The van der Waals surface area contributed by atoms with Crippen LogP contribution in [0.15, 0.2) is 4.42 Å². The number of anilines is 1. The summed E-state index contributed by atoms with van der Waals surface area (Å²) in [6.07, 6.45) is 1.12. The van der Waals surface area contributed by atoms with Gasteiger partial charge in [-0.15, -0.1) is 5.10 Å². The van der Waals surface area contributed by atoms with Crippen LogP contribution in [-0.4, -0.2) is 43.0 Å². The molecule has 0 radical (unpaired) electrons. The maximum Gasteiger partial charge on any atom is 0.315 e. The molecule has 0 fully saturated rings. The van der Waals surface area contributed by atoms with Crippen LogP contribution in [0.2, 0.25) is 0 Å². The molecule has 8 nitrogen and oxygen atoms in total. The minimum absolute atomic E-state index is 0.272. The van der Waals surface area contributed by atoms with Crippen molar-refractivity contribution in [1.29, 1.82) is 0 Å². The quantitative estimate of drug-likeness (QED) is 0.634. The van der Waals surface area contributed by atoms with Crippen LogP contribution in [0.3, 0.4) is 0 Å². The lowest BCUT2D eigenvalue weighted by molar-refractivity contribution is 0.444. The van der Waals surface area contributed by atoms with Gasteiger partial charge in [-0.05, 0) is 13.8 Å². The van der Waals surface area contributed by atoms with Crippen LogP contribution in [0.1, 0.15) is 33.6 Å². The molecule has 0 bridgehead atoms. The molecule has 0 aliphatic rings. The summed E-state index contributed by atoms with van der Waals surface area (Å²) in [6, 6.07) is 0.602. The standard InChI is InChI=1S/C11H23N5O3S/c1-8(2)12-6-9-14-15-10(19-9)13-7-11(3,4)16-20(5,17)18/h8,12,16H,6-7H2,1-5H3,(H,13,15). The van der Waals surface area contributed by atoms with Crippen molar-refractivity contribution in [1.82, 2.24) is 20.2 Å². The molecule has 1 aromatic heterocycles. The van der Waals surface area contributed by atoms with Crippen molar-refractivity contribution in [3.05, 3.63) is 5.89 Å². The normalized spacial score (nSPS) is 12.9. The van der Waals surface area contributed by atoms with Crippen molar-refractivity contribution >= 4 is 16.0 Å². The first-order chi connectivity index (χ1) is 9.07. The van der Waals surface area contributed by atoms with Gasteiger partial charge in [0.2, 0.25) is 15.9 Å². The SMILES string of the molecule is CC(C)NCc1nnc(NCC(C)(C)NS(C)(=O)=O)o1. The second-order valence-corrected chi connectivity index (χ2v) is 7.40. The number of rotatable bonds is 8. The van der Waals surface area contributed by atoms with Crippen LogP contribution in [0.25, 0.3) is 0 Å². The Morgan fingerprint density at radius 3 is 2.50 bits per heavy atom. The summed E-state index contributed by atoms with van der Waals surface area (Å²) in [7, 11) is -3.27. The van der Waals surface area contributed by atoms with E-state index in [1.165, 1.54) is 0 Å². The Kier molecular flexibility index (Phi) is 5.49. The van der Waals surface area contributed by atoms with Crippen molar-refractivity contribution in [2.24, 2.45) is 0 Å². The number of nitrogens with zero attached hydrogens (tertiary/aromatic N) is 2. The molecule has 0 spiro atoms. The van der Waals surface area contributed by atoms with E-state index in [-0.39, 0.29) is 6.01 Å². The highest BCUT2D eigenvalue weighted by Gasteiger charge is 2.22. The predicted molar refractivity (Wildman–Crippen MR) is 76.8 cm³/mol. The van der Waals surface area contributed by atoms with Gasteiger partial charge in [0.15, 0.2) is 0 Å². The number of hydrogen-bond donors (Lipinski definition) is 3. The van der Waals surface area contributed by atoms with E-state index in [0.29, 0.717) is 25.0 Å². The molecule has 1 heterocycles. The molecule has 0 saturated carbocycles. The lowest BCUT2D eigenvalue weighted by Crippen LogP contribution is -2.47. The topological polar surface area (TPSA) is 109 Å². The summed E-state index contributed by atoms with van der Waals surface area (Å²) in [5.41, 5.74) is -0.654. The lowest BCUT2D eigenvalue weighted by atomic mass is 10.1. The fraction of sp³-hybridized carbons (Fsp3) is 0.818. The minimum atomic E-state index is -3.27. The predicted octanol–water partition coefficient (Wildman–Crippen LogP) is 0.307. The zero-order chi connectivity index (χ0) is 15.4. The van der Waals surface area contributed by atoms with Crippen molar-refractivity contribution < 1.29 is 12.8 Å². The molecule has 9 heteroatoms. The Bertz CT molecular complexity index is 524. The first-order valence-corrected chi connectivity index (χ1v) is 8.25. The van der Waals surface area contributed by atoms with Gasteiger partial charge in [0, 0.05) is 18.1 Å². The molecule has 1 rings (SSSR count). The Hall–Kier alpha value is -1.19. The fourth-order valence-corrected chi connectivity index (χ4v) is 2.60. The summed E-state index contributed by atoms with van der Waals surface area (Å²) >= 11 is 0. The molecule has 0 unspecified atom stereocenters. The van der Waals surface area contributed by atoms with Crippen LogP contribution < -0.4 is 15.4 Å². The highest BCUT2D eigenvalue weighted by atomic mass is 32.2. The monoisotopic (exact) mass is 305 g/mol. The van der Waals surface area contributed by atoms with Crippen molar-refractivity contribution in [3.63, 3.8) is 0 Å². The molecule has 0 saturated heterocycles. The summed E-state index contributed by atoms with van der Waals surface area (Å²) in [5, 5.41) is 13.8. The Morgan fingerprint density at radius 1 is 1.30 bits per heavy atom. The summed E-state index contributed by atoms with van der Waals surface area (Å²) in [5.74, 6) is 0.482. The van der Waals surface area contributed by atoms with Gasteiger partial charge in [0.1, 0.15) is 0 Å². The summed E-state index contributed by atoms with van der Waals surface area (Å²) in [6.45, 7) is 8.40. The second kappa shape index (κ2) is 6.51. The highest BCUT2D eigenvalue weighted by Crippen LogP contribution is 2.09. The molecule has 0 amide bonds. The Balaban J connectivity index is 2.49. The zero-order valence-corrected chi connectivity index (χ0v) is 13.3.